The van der Waals surface area contributed by atoms with E-state index in [0.717, 1.165) is 35.7 Å². The van der Waals surface area contributed by atoms with Crippen molar-refractivity contribution in [2.24, 2.45) is 5.92 Å². The van der Waals surface area contributed by atoms with Crippen molar-refractivity contribution in [3.63, 3.8) is 0 Å². The maximum absolute atomic E-state index is 12.2. The Morgan fingerprint density at radius 1 is 1.10 bits per heavy atom. The third-order valence-electron chi connectivity index (χ3n) is 4.78. The van der Waals surface area contributed by atoms with E-state index in [1.165, 1.54) is 35.9 Å². The van der Waals surface area contributed by atoms with Crippen molar-refractivity contribution in [1.29, 1.82) is 0 Å². The van der Waals surface area contributed by atoms with Gasteiger partial charge in [0.15, 0.2) is 0 Å². The number of anilines is 2. The number of nitrogens with one attached hydrogen (secondary N) is 2. The first-order valence-electron chi connectivity index (χ1n) is 9.53. The molecule has 0 saturated heterocycles. The molecule has 10 nitrogen and oxygen atoms in total. The molecule has 0 aromatic carbocycles. The lowest BCUT2D eigenvalue weighted by atomic mass is 10.0. The minimum absolute atomic E-state index is 0.144. The fraction of sp³-hybridized carbons (Fsp3) is 0.444. The molecule has 1 aliphatic carbocycles. The summed E-state index contributed by atoms with van der Waals surface area (Å²) in [7, 11) is 0. The van der Waals surface area contributed by atoms with Gasteiger partial charge in [-0.2, -0.15) is 0 Å². The first-order valence-corrected chi connectivity index (χ1v) is 11.2. The van der Waals surface area contributed by atoms with Gasteiger partial charge in [0.1, 0.15) is 16.3 Å². The van der Waals surface area contributed by atoms with E-state index < -0.39 is 0 Å². The first-order chi connectivity index (χ1) is 14.5. The molecule has 12 heteroatoms. The zero-order valence-electron chi connectivity index (χ0n) is 16.2. The molecule has 0 bridgehead atoms. The number of hydrogen-bond donors (Lipinski definition) is 2. The third kappa shape index (κ3) is 5.39. The van der Waals surface area contributed by atoms with Gasteiger partial charge in [0.25, 0.3) is 0 Å². The second-order valence-electron chi connectivity index (χ2n) is 7.13. The van der Waals surface area contributed by atoms with Crippen LogP contribution in [0, 0.1) is 5.92 Å². The molecule has 4 rings (SSSR count). The maximum Gasteiger partial charge on any atom is 0.232 e. The average molecular weight is 445 g/mol. The molecule has 0 radical (unpaired) electrons. The van der Waals surface area contributed by atoms with E-state index in [0.29, 0.717) is 27.8 Å². The number of aromatic nitrogens is 6. The summed E-state index contributed by atoms with van der Waals surface area (Å²) in [6.07, 6.45) is 7.15. The lowest BCUT2D eigenvalue weighted by Gasteiger charge is -2.06. The quantitative estimate of drug-likeness (QED) is 0.567. The van der Waals surface area contributed by atoms with Crippen LogP contribution < -0.4 is 10.6 Å². The molecule has 3 heterocycles. The molecule has 2 atom stereocenters. The highest BCUT2D eigenvalue weighted by Gasteiger charge is 2.29. The highest BCUT2D eigenvalue weighted by atomic mass is 32.1. The first kappa shape index (κ1) is 20.4. The smallest absolute Gasteiger partial charge is 0.232 e. The van der Waals surface area contributed by atoms with Crippen molar-refractivity contribution in [3.8, 4) is 0 Å². The minimum Gasteiger partial charge on any atom is -0.301 e. The lowest BCUT2D eigenvalue weighted by molar-refractivity contribution is -0.116. The van der Waals surface area contributed by atoms with Crippen molar-refractivity contribution >= 4 is 44.8 Å². The summed E-state index contributed by atoms with van der Waals surface area (Å²) in [5.41, 5.74) is 0.657. The Morgan fingerprint density at radius 2 is 1.93 bits per heavy atom. The van der Waals surface area contributed by atoms with Gasteiger partial charge in [-0.1, -0.05) is 22.7 Å². The maximum atomic E-state index is 12.2. The number of carbonyl (C=O) groups excluding carboxylic acids is 2. The second kappa shape index (κ2) is 9.30. The monoisotopic (exact) mass is 444 g/mol. The van der Waals surface area contributed by atoms with Crippen molar-refractivity contribution in [1.82, 2.24) is 30.4 Å². The number of nitrogens with zero attached hydrogens (tertiary/aromatic N) is 6. The van der Waals surface area contributed by atoms with Crippen LogP contribution in [0.2, 0.25) is 0 Å². The van der Waals surface area contributed by atoms with Gasteiger partial charge in [-0.25, -0.2) is 9.97 Å². The molecule has 1 fully saturated rings. The van der Waals surface area contributed by atoms with E-state index >= 15 is 0 Å². The van der Waals surface area contributed by atoms with Crippen LogP contribution in [-0.4, -0.2) is 42.2 Å². The van der Waals surface area contributed by atoms with Gasteiger partial charge in [0.05, 0.1) is 12.1 Å². The van der Waals surface area contributed by atoms with Crippen molar-refractivity contribution in [3.05, 3.63) is 34.3 Å². The van der Waals surface area contributed by atoms with Gasteiger partial charge < -0.3 is 10.6 Å². The molecular formula is C18H20N8O2S2. The third-order valence-corrected chi connectivity index (χ3v) is 6.64. The average Bonchev–Trinajstić information content (AvgIpc) is 3.44. The summed E-state index contributed by atoms with van der Waals surface area (Å²) in [4.78, 5) is 31.2. The summed E-state index contributed by atoms with van der Waals surface area (Å²) in [6.45, 7) is 1.46. The topological polar surface area (TPSA) is 136 Å². The predicted molar refractivity (Wildman–Crippen MR) is 112 cm³/mol. The SMILES string of the molecule is CC(=O)Nc1nnc(C[C@@H]2CC[C@H](c3nnc(NC(=O)Cc4ccncn4)s3)C2)s1. The molecule has 1 aliphatic rings. The van der Waals surface area contributed by atoms with Gasteiger partial charge in [0, 0.05) is 25.5 Å². The Hall–Kier alpha value is -2.86. The molecule has 0 unspecified atom stereocenters. The largest absolute Gasteiger partial charge is 0.301 e. The zero-order valence-corrected chi connectivity index (χ0v) is 17.9. The van der Waals surface area contributed by atoms with E-state index in [1.807, 2.05) is 0 Å². The summed E-state index contributed by atoms with van der Waals surface area (Å²) in [5.74, 6) is 0.511. The summed E-state index contributed by atoms with van der Waals surface area (Å²) >= 11 is 2.85. The number of hydrogen-bond acceptors (Lipinski definition) is 10. The molecule has 0 aliphatic heterocycles. The Bertz CT molecular complexity index is 1020. The van der Waals surface area contributed by atoms with E-state index in [1.54, 1.807) is 12.3 Å². The zero-order chi connectivity index (χ0) is 20.9. The molecule has 1 saturated carbocycles. The molecule has 2 amide bonds. The highest BCUT2D eigenvalue weighted by Crippen LogP contribution is 2.41. The van der Waals surface area contributed by atoms with Crippen molar-refractivity contribution < 1.29 is 9.59 Å². The van der Waals surface area contributed by atoms with E-state index in [-0.39, 0.29) is 18.2 Å². The highest BCUT2D eigenvalue weighted by molar-refractivity contribution is 7.15. The van der Waals surface area contributed by atoms with E-state index in [2.05, 4.69) is 41.0 Å². The van der Waals surface area contributed by atoms with Crippen LogP contribution in [0.1, 0.15) is 47.8 Å². The van der Waals surface area contributed by atoms with Crippen LogP contribution in [0.25, 0.3) is 0 Å². The molecule has 2 N–H and O–H groups in total. The molecule has 30 heavy (non-hydrogen) atoms. The fourth-order valence-electron chi connectivity index (χ4n) is 3.47. The van der Waals surface area contributed by atoms with Gasteiger partial charge in [-0.15, -0.1) is 20.4 Å². The number of carbonyl (C=O) groups is 2. The molecule has 156 valence electrons. The Balaban J connectivity index is 1.28. The standard InChI is InChI=1S/C18H20N8O2S2/c1-10(27)21-17-25-23-15(29-17)7-11-2-3-12(6-11)16-24-26-18(30-16)22-14(28)8-13-4-5-19-9-20-13/h4-5,9,11-12H,2-3,6-8H2,1H3,(H,21,25,27)(H,22,26,28)/t11-,12+/m1/s1. The molecule has 3 aromatic rings. The van der Waals surface area contributed by atoms with E-state index in [4.69, 9.17) is 0 Å². The van der Waals surface area contributed by atoms with Crippen LogP contribution >= 0.6 is 22.7 Å². The van der Waals surface area contributed by atoms with E-state index in [9.17, 15) is 9.59 Å². The minimum atomic E-state index is -0.174. The van der Waals surface area contributed by atoms with Gasteiger partial charge >= 0.3 is 0 Å². The van der Waals surface area contributed by atoms with Crippen LogP contribution in [0.3, 0.4) is 0 Å². The van der Waals surface area contributed by atoms with Gasteiger partial charge in [-0.3, -0.25) is 9.59 Å². The van der Waals surface area contributed by atoms with Crippen LogP contribution in [0.4, 0.5) is 10.3 Å². The van der Waals surface area contributed by atoms with Crippen LogP contribution in [0.15, 0.2) is 18.6 Å². The van der Waals surface area contributed by atoms with Crippen molar-refractivity contribution in [2.75, 3.05) is 10.6 Å². The summed E-state index contributed by atoms with van der Waals surface area (Å²) in [6, 6.07) is 1.71. The lowest BCUT2D eigenvalue weighted by Crippen LogP contribution is -2.15. The molecule has 3 aromatic heterocycles. The number of amides is 2. The summed E-state index contributed by atoms with van der Waals surface area (Å²) < 4.78 is 0. The second-order valence-corrected chi connectivity index (χ2v) is 9.20. The Labute approximate surface area is 180 Å². The summed E-state index contributed by atoms with van der Waals surface area (Å²) in [5, 5.41) is 25.0. The van der Waals surface area contributed by atoms with Crippen molar-refractivity contribution in [2.45, 2.75) is 44.9 Å². The predicted octanol–water partition coefficient (Wildman–Crippen LogP) is 2.45. The van der Waals surface area contributed by atoms with Gasteiger partial charge in [0.2, 0.25) is 22.1 Å². The molecular weight excluding hydrogens is 424 g/mol. The van der Waals surface area contributed by atoms with Gasteiger partial charge in [-0.05, 0) is 31.2 Å². The Kier molecular flexibility index (Phi) is 6.33. The number of rotatable bonds is 7. The fourth-order valence-corrected chi connectivity index (χ4v) is 5.28. The Morgan fingerprint density at radius 3 is 2.73 bits per heavy atom. The normalized spacial score (nSPS) is 18.3. The molecule has 0 spiro atoms. The van der Waals surface area contributed by atoms with Crippen LogP contribution in [-0.2, 0) is 22.4 Å². The van der Waals surface area contributed by atoms with Crippen LogP contribution in [0.5, 0.6) is 0 Å².